The number of Topliss-reactive ketones (excluding diaryl/α,β-unsaturated/α-hetero) is 1. The molecule has 0 bridgehead atoms. The Balaban J connectivity index is 2.16. The second-order valence-corrected chi connectivity index (χ2v) is 5.55. The van der Waals surface area contributed by atoms with Crippen LogP contribution in [0.2, 0.25) is 0 Å². The summed E-state index contributed by atoms with van der Waals surface area (Å²) in [5.41, 5.74) is 3.61. The van der Waals surface area contributed by atoms with Gasteiger partial charge in [0.1, 0.15) is 5.75 Å². The Morgan fingerprint density at radius 3 is 2.00 bits per heavy atom. The summed E-state index contributed by atoms with van der Waals surface area (Å²) in [6.45, 7) is 1.16. The van der Waals surface area contributed by atoms with Crippen LogP contribution < -0.4 is 10.5 Å². The van der Waals surface area contributed by atoms with E-state index in [9.17, 15) is 24.5 Å². The molecule has 3 N–H and O–H groups in total. The number of carbonyl (C=O) groups is 3. The van der Waals surface area contributed by atoms with E-state index < -0.39 is 28.2 Å². The fourth-order valence-electron chi connectivity index (χ4n) is 2.01. The number of esters is 1. The van der Waals surface area contributed by atoms with Crippen LogP contribution in [-0.2, 0) is 4.79 Å². The largest absolute Gasteiger partial charge is 0.478 e. The van der Waals surface area contributed by atoms with Gasteiger partial charge < -0.3 is 15.6 Å². The third kappa shape index (κ3) is 3.90. The maximum Gasteiger partial charge on any atom is 0.339 e. The van der Waals surface area contributed by atoms with Gasteiger partial charge in [0, 0.05) is 17.7 Å². The van der Waals surface area contributed by atoms with Crippen LogP contribution in [0, 0.1) is 10.1 Å². The SMILES string of the molecule is C[C@](N)(C(=O)Oc1ccc([N+](=O)[O-])cc1)C(=O)c1ccc(C(=O)O)cc1. The number of hydrogen-bond donors (Lipinski definition) is 2. The molecule has 0 saturated carbocycles. The van der Waals surface area contributed by atoms with Gasteiger partial charge in [0.25, 0.3) is 5.69 Å². The Bertz CT molecular complexity index is 871. The van der Waals surface area contributed by atoms with Gasteiger partial charge in [0.05, 0.1) is 10.5 Å². The van der Waals surface area contributed by atoms with Gasteiger partial charge in [-0.2, -0.15) is 0 Å². The zero-order chi connectivity index (χ0) is 19.5. The van der Waals surface area contributed by atoms with Gasteiger partial charge in [0.15, 0.2) is 11.3 Å². The Morgan fingerprint density at radius 2 is 1.54 bits per heavy atom. The number of nitro groups is 1. The maximum atomic E-state index is 12.5. The number of aromatic carboxylic acids is 1. The number of ether oxygens (including phenoxy) is 1. The molecular formula is C17H14N2O7. The van der Waals surface area contributed by atoms with Gasteiger partial charge in [-0.05, 0) is 31.2 Å². The van der Waals surface area contributed by atoms with E-state index in [-0.39, 0.29) is 22.6 Å². The Hall–Kier alpha value is -3.59. The van der Waals surface area contributed by atoms with E-state index in [1.165, 1.54) is 36.4 Å². The molecule has 0 aliphatic carbocycles. The molecule has 0 saturated heterocycles. The average molecular weight is 358 g/mol. The van der Waals surface area contributed by atoms with Crippen LogP contribution >= 0.6 is 0 Å². The number of nitrogens with two attached hydrogens (primary N) is 1. The van der Waals surface area contributed by atoms with Crippen molar-refractivity contribution in [2.45, 2.75) is 12.5 Å². The fraction of sp³-hybridized carbons (Fsp3) is 0.118. The Kier molecular flexibility index (Phi) is 5.13. The fourth-order valence-corrected chi connectivity index (χ4v) is 2.01. The first-order chi connectivity index (χ1) is 12.1. The highest BCUT2D eigenvalue weighted by atomic mass is 16.6. The highest BCUT2D eigenvalue weighted by Crippen LogP contribution is 2.20. The molecule has 0 aliphatic heterocycles. The van der Waals surface area contributed by atoms with Gasteiger partial charge in [-0.15, -0.1) is 0 Å². The monoisotopic (exact) mass is 358 g/mol. The lowest BCUT2D eigenvalue weighted by Gasteiger charge is -2.21. The highest BCUT2D eigenvalue weighted by molar-refractivity contribution is 6.16. The topological polar surface area (TPSA) is 150 Å². The van der Waals surface area contributed by atoms with Gasteiger partial charge in [-0.25, -0.2) is 9.59 Å². The van der Waals surface area contributed by atoms with E-state index in [1.54, 1.807) is 0 Å². The summed E-state index contributed by atoms with van der Waals surface area (Å²) in [5.74, 6) is -2.98. The lowest BCUT2D eigenvalue weighted by atomic mass is 9.92. The molecule has 0 aromatic heterocycles. The molecule has 0 heterocycles. The predicted molar refractivity (Wildman–Crippen MR) is 89.1 cm³/mol. The molecule has 0 spiro atoms. The Labute approximate surface area is 147 Å². The van der Waals surface area contributed by atoms with Crippen LogP contribution in [-0.4, -0.2) is 33.3 Å². The minimum Gasteiger partial charge on any atom is -0.478 e. The number of carbonyl (C=O) groups excluding carboxylic acids is 2. The minimum absolute atomic E-state index is 0.00806. The van der Waals surface area contributed by atoms with Crippen molar-refractivity contribution < 1.29 is 29.2 Å². The standard InChI is InChI=1S/C17H14N2O7/c1-17(18,14(20)10-2-4-11(5-3-10)15(21)22)16(23)26-13-8-6-12(7-9-13)19(24)25/h2-9H,18H2,1H3,(H,21,22)/t17-/m1/s1. The van der Waals surface area contributed by atoms with E-state index in [0.717, 1.165) is 19.1 Å². The number of nitrogens with zero attached hydrogens (tertiary/aromatic N) is 1. The summed E-state index contributed by atoms with van der Waals surface area (Å²) in [6, 6.07) is 9.62. The third-order valence-electron chi connectivity index (χ3n) is 3.55. The van der Waals surface area contributed by atoms with Crippen molar-refractivity contribution in [3.05, 3.63) is 69.8 Å². The predicted octanol–water partition coefficient (Wildman–Crippen LogP) is 1.80. The molecule has 2 rings (SSSR count). The number of carboxylic acids is 1. The molecule has 0 unspecified atom stereocenters. The first kappa shape index (κ1) is 18.7. The molecule has 0 fully saturated rings. The second-order valence-electron chi connectivity index (χ2n) is 5.55. The number of non-ortho nitro benzene ring substituents is 1. The van der Waals surface area contributed by atoms with Crippen molar-refractivity contribution in [3.8, 4) is 5.75 Å². The van der Waals surface area contributed by atoms with Crippen molar-refractivity contribution in [1.82, 2.24) is 0 Å². The van der Waals surface area contributed by atoms with Crippen LogP contribution in [0.25, 0.3) is 0 Å². The van der Waals surface area contributed by atoms with Crippen molar-refractivity contribution in [2.24, 2.45) is 5.73 Å². The molecular weight excluding hydrogens is 344 g/mol. The minimum atomic E-state index is -2.04. The zero-order valence-electron chi connectivity index (χ0n) is 13.5. The van der Waals surface area contributed by atoms with Crippen LogP contribution in [0.1, 0.15) is 27.6 Å². The zero-order valence-corrected chi connectivity index (χ0v) is 13.5. The van der Waals surface area contributed by atoms with E-state index >= 15 is 0 Å². The smallest absolute Gasteiger partial charge is 0.339 e. The molecule has 1 atom stereocenters. The first-order valence-corrected chi connectivity index (χ1v) is 7.26. The van der Waals surface area contributed by atoms with E-state index in [4.69, 9.17) is 15.6 Å². The van der Waals surface area contributed by atoms with E-state index in [2.05, 4.69) is 0 Å². The summed E-state index contributed by atoms with van der Waals surface area (Å²) in [6.07, 6.45) is 0. The number of benzene rings is 2. The number of carboxylic acid groups (broad SMARTS) is 1. The molecule has 2 aromatic carbocycles. The van der Waals surface area contributed by atoms with Gasteiger partial charge in [-0.1, -0.05) is 12.1 Å². The number of rotatable bonds is 6. The summed E-state index contributed by atoms with van der Waals surface area (Å²) in [4.78, 5) is 45.5. The van der Waals surface area contributed by atoms with Gasteiger partial charge >= 0.3 is 11.9 Å². The number of hydrogen-bond acceptors (Lipinski definition) is 7. The first-order valence-electron chi connectivity index (χ1n) is 7.26. The van der Waals surface area contributed by atoms with E-state index in [1.807, 2.05) is 0 Å². The van der Waals surface area contributed by atoms with Crippen LogP contribution in [0.4, 0.5) is 5.69 Å². The summed E-state index contributed by atoms with van der Waals surface area (Å²) >= 11 is 0. The molecule has 0 radical (unpaired) electrons. The summed E-state index contributed by atoms with van der Waals surface area (Å²) < 4.78 is 5.02. The molecule has 9 heteroatoms. The highest BCUT2D eigenvalue weighted by Gasteiger charge is 2.39. The van der Waals surface area contributed by atoms with Gasteiger partial charge in [0.2, 0.25) is 0 Å². The normalized spacial score (nSPS) is 12.7. The van der Waals surface area contributed by atoms with E-state index in [0.29, 0.717) is 0 Å². The quantitative estimate of drug-likeness (QED) is 0.198. The second kappa shape index (κ2) is 7.11. The van der Waals surface area contributed by atoms with Crippen molar-refractivity contribution in [3.63, 3.8) is 0 Å². The number of nitro benzene ring substituents is 1. The Morgan fingerprint density at radius 1 is 1.04 bits per heavy atom. The maximum absolute atomic E-state index is 12.5. The lowest BCUT2D eigenvalue weighted by Crippen LogP contribution is -2.54. The van der Waals surface area contributed by atoms with Crippen LogP contribution in [0.5, 0.6) is 5.75 Å². The molecule has 9 nitrogen and oxygen atoms in total. The molecule has 0 aliphatic rings. The molecule has 0 amide bonds. The van der Waals surface area contributed by atoms with Crippen LogP contribution in [0.3, 0.4) is 0 Å². The van der Waals surface area contributed by atoms with Gasteiger partial charge in [-0.3, -0.25) is 14.9 Å². The number of ketones is 1. The van der Waals surface area contributed by atoms with Crippen molar-refractivity contribution >= 4 is 23.4 Å². The average Bonchev–Trinajstić information content (AvgIpc) is 2.61. The molecule has 26 heavy (non-hydrogen) atoms. The third-order valence-corrected chi connectivity index (χ3v) is 3.55. The molecule has 2 aromatic rings. The van der Waals surface area contributed by atoms with Crippen LogP contribution in [0.15, 0.2) is 48.5 Å². The van der Waals surface area contributed by atoms with Crippen molar-refractivity contribution in [2.75, 3.05) is 0 Å². The summed E-state index contributed by atoms with van der Waals surface area (Å²) in [7, 11) is 0. The molecule has 134 valence electrons. The summed E-state index contributed by atoms with van der Waals surface area (Å²) in [5, 5.41) is 19.5. The van der Waals surface area contributed by atoms with Crippen molar-refractivity contribution in [1.29, 1.82) is 0 Å². The lowest BCUT2D eigenvalue weighted by molar-refractivity contribution is -0.384.